The standard InChI is InChI=1S/C11H16N4/c1-7(2)10(12)11-14-8-4-5-13-6-9(8)15(11)3/h4-7,10H,12H2,1-3H3. The van der Waals surface area contributed by atoms with E-state index in [-0.39, 0.29) is 6.04 Å². The van der Waals surface area contributed by atoms with Crippen LogP contribution in [0.3, 0.4) is 0 Å². The number of nitrogens with two attached hydrogens (primary N) is 1. The summed E-state index contributed by atoms with van der Waals surface area (Å²) in [5, 5.41) is 0. The molecule has 80 valence electrons. The fraction of sp³-hybridized carbons (Fsp3) is 0.455. The zero-order valence-electron chi connectivity index (χ0n) is 9.31. The Labute approximate surface area is 89.1 Å². The summed E-state index contributed by atoms with van der Waals surface area (Å²) >= 11 is 0. The Morgan fingerprint density at radius 3 is 2.73 bits per heavy atom. The van der Waals surface area contributed by atoms with Gasteiger partial charge in [0.05, 0.1) is 23.3 Å². The molecular weight excluding hydrogens is 188 g/mol. The summed E-state index contributed by atoms with van der Waals surface area (Å²) in [7, 11) is 1.98. The molecule has 0 aliphatic rings. The molecule has 4 nitrogen and oxygen atoms in total. The second kappa shape index (κ2) is 3.62. The van der Waals surface area contributed by atoms with E-state index in [0.717, 1.165) is 16.9 Å². The molecule has 2 rings (SSSR count). The van der Waals surface area contributed by atoms with Crippen molar-refractivity contribution in [3.63, 3.8) is 0 Å². The summed E-state index contributed by atoms with van der Waals surface area (Å²) in [6.07, 6.45) is 3.57. The Bertz CT molecular complexity index is 472. The quantitative estimate of drug-likeness (QED) is 0.808. The van der Waals surface area contributed by atoms with Crippen molar-refractivity contribution in [2.45, 2.75) is 19.9 Å². The Kier molecular flexibility index (Phi) is 2.44. The van der Waals surface area contributed by atoms with E-state index < -0.39 is 0 Å². The summed E-state index contributed by atoms with van der Waals surface area (Å²) in [4.78, 5) is 8.62. The van der Waals surface area contributed by atoms with E-state index in [0.29, 0.717) is 5.92 Å². The highest BCUT2D eigenvalue weighted by atomic mass is 15.1. The van der Waals surface area contributed by atoms with Crippen LogP contribution in [0.5, 0.6) is 0 Å². The highest BCUT2D eigenvalue weighted by Gasteiger charge is 2.17. The minimum Gasteiger partial charge on any atom is -0.329 e. The molecule has 2 heterocycles. The lowest BCUT2D eigenvalue weighted by Gasteiger charge is -2.14. The van der Waals surface area contributed by atoms with Gasteiger partial charge >= 0.3 is 0 Å². The molecule has 0 radical (unpaired) electrons. The second-order valence-electron chi connectivity index (χ2n) is 4.16. The largest absolute Gasteiger partial charge is 0.329 e. The van der Waals surface area contributed by atoms with Crippen LogP contribution < -0.4 is 5.73 Å². The topological polar surface area (TPSA) is 56.7 Å². The van der Waals surface area contributed by atoms with Gasteiger partial charge in [0.1, 0.15) is 5.82 Å². The second-order valence-corrected chi connectivity index (χ2v) is 4.16. The van der Waals surface area contributed by atoms with Crippen LogP contribution in [0.15, 0.2) is 18.5 Å². The van der Waals surface area contributed by atoms with Gasteiger partial charge < -0.3 is 10.3 Å². The molecule has 1 atom stereocenters. The molecule has 0 aliphatic carbocycles. The molecule has 2 N–H and O–H groups in total. The Balaban J connectivity index is 2.58. The molecule has 1 unspecified atom stereocenters. The van der Waals surface area contributed by atoms with Crippen molar-refractivity contribution in [1.29, 1.82) is 0 Å². The highest BCUT2D eigenvalue weighted by Crippen LogP contribution is 2.21. The average molecular weight is 204 g/mol. The molecule has 4 heteroatoms. The van der Waals surface area contributed by atoms with E-state index in [1.165, 1.54) is 0 Å². The molecule has 15 heavy (non-hydrogen) atoms. The monoisotopic (exact) mass is 204 g/mol. The summed E-state index contributed by atoms with van der Waals surface area (Å²) in [6, 6.07) is 1.88. The maximum atomic E-state index is 6.10. The number of hydrogen-bond acceptors (Lipinski definition) is 3. The minimum absolute atomic E-state index is 0.0256. The zero-order valence-corrected chi connectivity index (χ0v) is 9.31. The number of hydrogen-bond donors (Lipinski definition) is 1. The predicted molar refractivity (Wildman–Crippen MR) is 60.3 cm³/mol. The van der Waals surface area contributed by atoms with Gasteiger partial charge in [0.2, 0.25) is 0 Å². The normalized spacial score (nSPS) is 13.7. The summed E-state index contributed by atoms with van der Waals surface area (Å²) in [5.41, 5.74) is 8.09. The first kappa shape index (κ1) is 10.1. The van der Waals surface area contributed by atoms with E-state index >= 15 is 0 Å². The number of rotatable bonds is 2. The molecule has 0 saturated heterocycles. The number of fused-ring (bicyclic) bond motifs is 1. The smallest absolute Gasteiger partial charge is 0.126 e. The minimum atomic E-state index is -0.0256. The van der Waals surface area contributed by atoms with Crippen LogP contribution in [0.25, 0.3) is 11.0 Å². The van der Waals surface area contributed by atoms with E-state index in [2.05, 4.69) is 23.8 Å². The van der Waals surface area contributed by atoms with Crippen LogP contribution in [0.2, 0.25) is 0 Å². The third kappa shape index (κ3) is 1.61. The van der Waals surface area contributed by atoms with Gasteiger partial charge in [0, 0.05) is 13.2 Å². The Morgan fingerprint density at radius 2 is 2.13 bits per heavy atom. The molecule has 0 spiro atoms. The number of aromatic nitrogens is 3. The Morgan fingerprint density at radius 1 is 1.40 bits per heavy atom. The van der Waals surface area contributed by atoms with Crippen LogP contribution in [0.4, 0.5) is 0 Å². The fourth-order valence-electron chi connectivity index (χ4n) is 1.65. The van der Waals surface area contributed by atoms with Gasteiger partial charge in [0.15, 0.2) is 0 Å². The molecule has 0 bridgehead atoms. The molecule has 0 saturated carbocycles. The fourth-order valence-corrected chi connectivity index (χ4v) is 1.65. The number of pyridine rings is 1. The molecule has 2 aromatic rings. The zero-order chi connectivity index (χ0) is 11.0. The van der Waals surface area contributed by atoms with E-state index in [1.54, 1.807) is 6.20 Å². The summed E-state index contributed by atoms with van der Waals surface area (Å²) < 4.78 is 2.02. The van der Waals surface area contributed by atoms with Crippen molar-refractivity contribution >= 4 is 11.0 Å². The maximum Gasteiger partial charge on any atom is 0.126 e. The van der Waals surface area contributed by atoms with Crippen molar-refractivity contribution in [1.82, 2.24) is 14.5 Å². The lowest BCUT2D eigenvalue weighted by Crippen LogP contribution is -2.20. The van der Waals surface area contributed by atoms with Gasteiger partial charge in [-0.1, -0.05) is 13.8 Å². The van der Waals surface area contributed by atoms with Crippen molar-refractivity contribution < 1.29 is 0 Å². The number of aryl methyl sites for hydroxylation is 1. The van der Waals surface area contributed by atoms with Gasteiger partial charge in [-0.15, -0.1) is 0 Å². The van der Waals surface area contributed by atoms with E-state index in [9.17, 15) is 0 Å². The van der Waals surface area contributed by atoms with Crippen LogP contribution in [-0.2, 0) is 7.05 Å². The number of nitrogens with zero attached hydrogens (tertiary/aromatic N) is 3. The van der Waals surface area contributed by atoms with Crippen LogP contribution in [0.1, 0.15) is 25.7 Å². The molecule has 0 aliphatic heterocycles. The van der Waals surface area contributed by atoms with E-state index in [1.807, 2.05) is 23.9 Å². The third-order valence-corrected chi connectivity index (χ3v) is 2.73. The van der Waals surface area contributed by atoms with Gasteiger partial charge in [0.25, 0.3) is 0 Å². The first-order chi connectivity index (χ1) is 7.11. The van der Waals surface area contributed by atoms with Crippen LogP contribution >= 0.6 is 0 Å². The number of imidazole rings is 1. The van der Waals surface area contributed by atoms with Gasteiger partial charge in [-0.3, -0.25) is 4.98 Å². The maximum absolute atomic E-state index is 6.10. The SMILES string of the molecule is CC(C)C(N)c1nc2ccncc2n1C. The van der Waals surface area contributed by atoms with Crippen LogP contribution in [-0.4, -0.2) is 14.5 Å². The molecule has 0 aromatic carbocycles. The van der Waals surface area contributed by atoms with Crippen LogP contribution in [0, 0.1) is 5.92 Å². The lowest BCUT2D eigenvalue weighted by molar-refractivity contribution is 0.480. The van der Waals surface area contributed by atoms with E-state index in [4.69, 9.17) is 5.73 Å². The first-order valence-corrected chi connectivity index (χ1v) is 5.13. The predicted octanol–water partition coefficient (Wildman–Crippen LogP) is 1.62. The van der Waals surface area contributed by atoms with Gasteiger partial charge in [-0.2, -0.15) is 0 Å². The van der Waals surface area contributed by atoms with Crippen molar-refractivity contribution in [2.24, 2.45) is 18.7 Å². The average Bonchev–Trinajstić information content (AvgIpc) is 2.56. The molecule has 0 amide bonds. The van der Waals surface area contributed by atoms with Crippen molar-refractivity contribution in [3.8, 4) is 0 Å². The highest BCUT2D eigenvalue weighted by molar-refractivity contribution is 5.74. The lowest BCUT2D eigenvalue weighted by atomic mass is 10.1. The molecule has 0 fully saturated rings. The summed E-state index contributed by atoms with van der Waals surface area (Å²) in [6.45, 7) is 4.20. The van der Waals surface area contributed by atoms with Crippen molar-refractivity contribution in [2.75, 3.05) is 0 Å². The first-order valence-electron chi connectivity index (χ1n) is 5.13. The van der Waals surface area contributed by atoms with Gasteiger partial charge in [-0.25, -0.2) is 4.98 Å². The van der Waals surface area contributed by atoms with Gasteiger partial charge in [-0.05, 0) is 12.0 Å². The summed E-state index contributed by atoms with van der Waals surface area (Å²) in [5.74, 6) is 1.31. The van der Waals surface area contributed by atoms with Crippen molar-refractivity contribution in [3.05, 3.63) is 24.3 Å². The molecule has 2 aromatic heterocycles. The molecular formula is C11H16N4. The Hall–Kier alpha value is -1.42. The third-order valence-electron chi connectivity index (χ3n) is 2.73.